The lowest BCUT2D eigenvalue weighted by Crippen LogP contribution is -2.34. The standard InChI is InChI=1S/C17H15NO7/c19-12(8-2-1-3-10(4-8)18(22)23)7-24-16(20)14-9-5-11-13(6-9)25-17(21)15(11)14/h1-4,9,11,13-15H,5-7H2/t9-,11+,13+,14-,15+/m1/s1. The molecule has 8 heteroatoms. The highest BCUT2D eigenvalue weighted by Crippen LogP contribution is 2.57. The van der Waals surface area contributed by atoms with Gasteiger partial charge in [0, 0.05) is 23.6 Å². The van der Waals surface area contributed by atoms with E-state index in [1.165, 1.54) is 18.2 Å². The van der Waals surface area contributed by atoms with Gasteiger partial charge in [-0.1, -0.05) is 12.1 Å². The normalized spacial score (nSPS) is 31.7. The molecular weight excluding hydrogens is 330 g/mol. The average Bonchev–Trinajstić information content (AvgIpc) is 3.21. The number of ketones is 1. The maximum Gasteiger partial charge on any atom is 0.310 e. The maximum atomic E-state index is 12.4. The Morgan fingerprint density at radius 3 is 2.88 bits per heavy atom. The van der Waals surface area contributed by atoms with Crippen molar-refractivity contribution in [3.63, 3.8) is 0 Å². The summed E-state index contributed by atoms with van der Waals surface area (Å²) >= 11 is 0. The van der Waals surface area contributed by atoms with Crippen molar-refractivity contribution in [3.05, 3.63) is 39.9 Å². The summed E-state index contributed by atoms with van der Waals surface area (Å²) in [5.41, 5.74) is -0.0969. The monoisotopic (exact) mass is 345 g/mol. The van der Waals surface area contributed by atoms with Crippen LogP contribution in [0.3, 0.4) is 0 Å². The van der Waals surface area contributed by atoms with Crippen LogP contribution in [0.15, 0.2) is 24.3 Å². The number of hydrogen-bond donors (Lipinski definition) is 0. The number of nitro benzene ring substituents is 1. The number of carbonyl (C=O) groups is 3. The summed E-state index contributed by atoms with van der Waals surface area (Å²) in [5.74, 6) is -2.28. The fourth-order valence-corrected chi connectivity index (χ4v) is 4.43. The summed E-state index contributed by atoms with van der Waals surface area (Å²) in [6.07, 6.45) is 1.38. The second-order valence-corrected chi connectivity index (χ2v) is 6.76. The van der Waals surface area contributed by atoms with Gasteiger partial charge >= 0.3 is 11.9 Å². The van der Waals surface area contributed by atoms with Crippen molar-refractivity contribution in [2.45, 2.75) is 18.9 Å². The topological polar surface area (TPSA) is 113 Å². The average molecular weight is 345 g/mol. The van der Waals surface area contributed by atoms with Gasteiger partial charge < -0.3 is 9.47 Å². The third-order valence-electron chi connectivity index (χ3n) is 5.48. The molecule has 1 heterocycles. The van der Waals surface area contributed by atoms with Gasteiger partial charge in [-0.3, -0.25) is 24.5 Å². The predicted octanol–water partition coefficient (Wildman–Crippen LogP) is 1.52. The van der Waals surface area contributed by atoms with E-state index in [1.807, 2.05) is 0 Å². The highest BCUT2D eigenvalue weighted by Gasteiger charge is 2.64. The molecular formula is C17H15NO7. The van der Waals surface area contributed by atoms with Gasteiger partial charge in [-0.25, -0.2) is 0 Å². The summed E-state index contributed by atoms with van der Waals surface area (Å²) in [6, 6.07) is 5.25. The molecule has 3 aliphatic rings. The van der Waals surface area contributed by atoms with Crippen molar-refractivity contribution in [2.75, 3.05) is 6.61 Å². The SMILES string of the molecule is O=C(COC(=O)[C@@H]1[C@@H]2C[C@@H]3[C@@H]1C(=O)O[C@H]3C2)c1cccc([N+](=O)[O-])c1. The van der Waals surface area contributed by atoms with Gasteiger partial charge in [-0.05, 0) is 18.8 Å². The summed E-state index contributed by atoms with van der Waals surface area (Å²) in [5, 5.41) is 10.8. The lowest BCUT2D eigenvalue weighted by molar-refractivity contribution is -0.384. The summed E-state index contributed by atoms with van der Waals surface area (Å²) < 4.78 is 10.4. The molecule has 1 aliphatic heterocycles. The highest BCUT2D eigenvalue weighted by molar-refractivity contribution is 5.98. The molecule has 2 saturated carbocycles. The molecule has 0 amide bonds. The number of benzene rings is 1. The number of non-ortho nitro benzene ring substituents is 1. The van der Waals surface area contributed by atoms with Crippen LogP contribution < -0.4 is 0 Å². The molecule has 4 rings (SSSR count). The van der Waals surface area contributed by atoms with E-state index in [0.717, 1.165) is 12.5 Å². The molecule has 1 aromatic rings. The van der Waals surface area contributed by atoms with E-state index in [0.29, 0.717) is 6.42 Å². The van der Waals surface area contributed by atoms with Crippen molar-refractivity contribution in [1.29, 1.82) is 0 Å². The number of carbonyl (C=O) groups excluding carboxylic acids is 3. The second kappa shape index (κ2) is 5.65. The molecule has 25 heavy (non-hydrogen) atoms. The molecule has 2 bridgehead atoms. The highest BCUT2D eigenvalue weighted by atomic mass is 16.6. The molecule has 5 atom stereocenters. The summed E-state index contributed by atoms with van der Waals surface area (Å²) in [7, 11) is 0. The van der Waals surface area contributed by atoms with E-state index in [4.69, 9.17) is 9.47 Å². The van der Waals surface area contributed by atoms with Crippen LogP contribution in [0, 0.1) is 33.8 Å². The van der Waals surface area contributed by atoms with E-state index in [2.05, 4.69) is 0 Å². The fourth-order valence-electron chi connectivity index (χ4n) is 4.43. The Hall–Kier alpha value is -2.77. The molecule has 0 unspecified atom stereocenters. The van der Waals surface area contributed by atoms with Crippen molar-refractivity contribution in [1.82, 2.24) is 0 Å². The first kappa shape index (κ1) is 15.7. The number of Topliss-reactive ketones (excluding diaryl/α,β-unsaturated/α-hetero) is 1. The lowest BCUT2D eigenvalue weighted by atomic mass is 9.80. The minimum atomic E-state index is -0.597. The van der Waals surface area contributed by atoms with Crippen molar-refractivity contribution in [2.24, 2.45) is 23.7 Å². The lowest BCUT2D eigenvalue weighted by Gasteiger charge is -2.22. The Balaban J connectivity index is 1.41. The molecule has 0 N–H and O–H groups in total. The first-order valence-electron chi connectivity index (χ1n) is 8.10. The van der Waals surface area contributed by atoms with E-state index in [1.54, 1.807) is 0 Å². The van der Waals surface area contributed by atoms with Crippen molar-refractivity contribution in [3.8, 4) is 0 Å². The van der Waals surface area contributed by atoms with Gasteiger partial charge in [0.1, 0.15) is 6.10 Å². The van der Waals surface area contributed by atoms with Gasteiger partial charge in [0.2, 0.25) is 5.78 Å². The third-order valence-corrected chi connectivity index (χ3v) is 5.48. The number of fused-ring (bicyclic) bond motifs is 1. The molecule has 0 aromatic heterocycles. The quantitative estimate of drug-likeness (QED) is 0.344. The Labute approximate surface area is 142 Å². The van der Waals surface area contributed by atoms with E-state index in [9.17, 15) is 24.5 Å². The minimum absolute atomic E-state index is 0.0619. The van der Waals surface area contributed by atoms with Crippen LogP contribution in [0.1, 0.15) is 23.2 Å². The van der Waals surface area contributed by atoms with Gasteiger partial charge in [-0.15, -0.1) is 0 Å². The third kappa shape index (κ3) is 2.48. The summed E-state index contributed by atoms with van der Waals surface area (Å²) in [4.78, 5) is 46.6. The maximum absolute atomic E-state index is 12.4. The Morgan fingerprint density at radius 2 is 2.12 bits per heavy atom. The predicted molar refractivity (Wildman–Crippen MR) is 81.5 cm³/mol. The Morgan fingerprint density at radius 1 is 1.32 bits per heavy atom. The summed E-state index contributed by atoms with van der Waals surface area (Å²) in [6.45, 7) is -0.501. The molecule has 8 nitrogen and oxygen atoms in total. The molecule has 1 aromatic carbocycles. The van der Waals surface area contributed by atoms with Crippen LogP contribution in [0.2, 0.25) is 0 Å². The second-order valence-electron chi connectivity index (χ2n) is 6.76. The minimum Gasteiger partial charge on any atom is -0.462 e. The number of hydrogen-bond acceptors (Lipinski definition) is 7. The van der Waals surface area contributed by atoms with Crippen molar-refractivity contribution >= 4 is 23.4 Å². The number of nitro groups is 1. The van der Waals surface area contributed by atoms with E-state index < -0.39 is 35.1 Å². The molecule has 0 radical (unpaired) electrons. The largest absolute Gasteiger partial charge is 0.462 e. The zero-order valence-corrected chi connectivity index (χ0v) is 13.1. The number of rotatable bonds is 5. The molecule has 0 spiro atoms. The Kier molecular flexibility index (Phi) is 3.55. The van der Waals surface area contributed by atoms with Gasteiger partial charge in [-0.2, -0.15) is 0 Å². The van der Waals surface area contributed by atoms with E-state index >= 15 is 0 Å². The first-order valence-corrected chi connectivity index (χ1v) is 8.10. The first-order chi connectivity index (χ1) is 12.0. The van der Waals surface area contributed by atoms with Crippen LogP contribution in [-0.2, 0) is 19.1 Å². The van der Waals surface area contributed by atoms with Crippen molar-refractivity contribution < 1.29 is 28.8 Å². The molecule has 1 saturated heterocycles. The van der Waals surface area contributed by atoms with E-state index in [-0.39, 0.29) is 35.2 Å². The molecule has 2 aliphatic carbocycles. The van der Waals surface area contributed by atoms with Gasteiger partial charge in [0.25, 0.3) is 5.69 Å². The zero-order chi connectivity index (χ0) is 17.7. The van der Waals surface area contributed by atoms with Crippen LogP contribution in [-0.4, -0.2) is 35.4 Å². The number of esters is 2. The van der Waals surface area contributed by atoms with Crippen LogP contribution >= 0.6 is 0 Å². The zero-order valence-electron chi connectivity index (χ0n) is 13.1. The molecule has 3 fully saturated rings. The number of nitrogens with zero attached hydrogens (tertiary/aromatic N) is 1. The fraction of sp³-hybridized carbons (Fsp3) is 0.471. The van der Waals surface area contributed by atoms with Crippen LogP contribution in [0.5, 0.6) is 0 Å². The molecule has 130 valence electrons. The Bertz CT molecular complexity index is 787. The van der Waals surface area contributed by atoms with Crippen LogP contribution in [0.25, 0.3) is 0 Å². The van der Waals surface area contributed by atoms with Gasteiger partial charge in [0.05, 0.1) is 16.8 Å². The smallest absolute Gasteiger partial charge is 0.310 e. The van der Waals surface area contributed by atoms with Gasteiger partial charge in [0.15, 0.2) is 6.61 Å². The number of ether oxygens (including phenoxy) is 2. The van der Waals surface area contributed by atoms with Crippen LogP contribution in [0.4, 0.5) is 5.69 Å².